The van der Waals surface area contributed by atoms with Crippen molar-refractivity contribution < 1.29 is 18.7 Å². The van der Waals surface area contributed by atoms with Crippen LogP contribution in [0.1, 0.15) is 39.7 Å². The van der Waals surface area contributed by atoms with Crippen molar-refractivity contribution in [3.8, 4) is 11.5 Å². The average Bonchev–Trinajstić information content (AvgIpc) is 3.32. The molecule has 2 heterocycles. The quantitative estimate of drug-likeness (QED) is 0.594. The van der Waals surface area contributed by atoms with Crippen LogP contribution in [0.3, 0.4) is 0 Å². The highest BCUT2D eigenvalue weighted by atomic mass is 32.1. The number of hydrogen-bond donors (Lipinski definition) is 0. The molecule has 1 unspecified atom stereocenters. The first-order chi connectivity index (χ1) is 13.5. The number of hydrogen-bond acceptors (Lipinski definition) is 4. The highest BCUT2D eigenvalue weighted by molar-refractivity contribution is 7.21. The molecular weight excluding hydrogens is 377 g/mol. The summed E-state index contributed by atoms with van der Waals surface area (Å²) in [5, 5.41) is 0.553. The van der Waals surface area contributed by atoms with Crippen LogP contribution in [0.15, 0.2) is 36.4 Å². The molecule has 1 aliphatic rings. The van der Waals surface area contributed by atoms with Crippen molar-refractivity contribution >= 4 is 27.3 Å². The van der Waals surface area contributed by atoms with Crippen molar-refractivity contribution in [2.75, 3.05) is 20.8 Å². The molecular formula is C22H22FNO3S. The van der Waals surface area contributed by atoms with Gasteiger partial charge in [0.25, 0.3) is 5.91 Å². The van der Waals surface area contributed by atoms with Gasteiger partial charge in [-0.2, -0.15) is 0 Å². The van der Waals surface area contributed by atoms with Crippen molar-refractivity contribution in [1.82, 2.24) is 4.90 Å². The zero-order valence-corrected chi connectivity index (χ0v) is 16.9. The first-order valence-electron chi connectivity index (χ1n) is 9.25. The molecule has 3 aromatic rings. The van der Waals surface area contributed by atoms with Crippen LogP contribution in [0.5, 0.6) is 11.5 Å². The molecule has 1 aromatic heterocycles. The third-order valence-electron chi connectivity index (χ3n) is 5.40. The Morgan fingerprint density at radius 2 is 1.96 bits per heavy atom. The van der Waals surface area contributed by atoms with Crippen LogP contribution in [0.2, 0.25) is 0 Å². The van der Waals surface area contributed by atoms with Gasteiger partial charge in [0, 0.05) is 16.6 Å². The van der Waals surface area contributed by atoms with E-state index in [0.29, 0.717) is 28.3 Å². The number of halogens is 1. The number of carbonyl (C=O) groups is 1. The number of ether oxygens (including phenoxy) is 2. The summed E-state index contributed by atoms with van der Waals surface area (Å²) in [5.74, 6) is 1.01. The summed E-state index contributed by atoms with van der Waals surface area (Å²) in [6.07, 6.45) is 1.82. The van der Waals surface area contributed by atoms with Gasteiger partial charge in [0.15, 0.2) is 11.5 Å². The number of fused-ring (bicyclic) bond motifs is 1. The Kier molecular flexibility index (Phi) is 4.98. The minimum absolute atomic E-state index is 0.0261. The van der Waals surface area contributed by atoms with E-state index in [1.807, 2.05) is 36.1 Å². The molecule has 146 valence electrons. The monoisotopic (exact) mass is 399 g/mol. The van der Waals surface area contributed by atoms with Crippen LogP contribution in [0.4, 0.5) is 4.39 Å². The number of benzene rings is 2. The first-order valence-corrected chi connectivity index (χ1v) is 10.1. The van der Waals surface area contributed by atoms with Gasteiger partial charge in [0.2, 0.25) is 0 Å². The lowest BCUT2D eigenvalue weighted by atomic mass is 10.0. The number of nitrogens with zero attached hydrogens (tertiary/aromatic N) is 1. The Morgan fingerprint density at radius 1 is 1.18 bits per heavy atom. The summed E-state index contributed by atoms with van der Waals surface area (Å²) in [7, 11) is 3.21. The van der Waals surface area contributed by atoms with Gasteiger partial charge in [-0.1, -0.05) is 12.1 Å². The number of carbonyl (C=O) groups excluding carboxylic acids is 1. The highest BCUT2D eigenvalue weighted by Crippen LogP contribution is 2.40. The van der Waals surface area contributed by atoms with Crippen molar-refractivity contribution in [3.05, 3.63) is 58.2 Å². The van der Waals surface area contributed by atoms with Gasteiger partial charge >= 0.3 is 0 Å². The molecule has 1 amide bonds. The van der Waals surface area contributed by atoms with Crippen molar-refractivity contribution in [3.63, 3.8) is 0 Å². The molecule has 1 fully saturated rings. The Morgan fingerprint density at radius 3 is 2.68 bits per heavy atom. The first kappa shape index (κ1) is 18.7. The number of aryl methyl sites for hydroxylation is 1. The van der Waals surface area contributed by atoms with E-state index in [4.69, 9.17) is 9.47 Å². The zero-order valence-electron chi connectivity index (χ0n) is 16.1. The smallest absolute Gasteiger partial charge is 0.264 e. The van der Waals surface area contributed by atoms with E-state index in [1.54, 1.807) is 20.3 Å². The minimum Gasteiger partial charge on any atom is -0.493 e. The van der Waals surface area contributed by atoms with Crippen LogP contribution in [0.25, 0.3) is 10.1 Å². The zero-order chi connectivity index (χ0) is 19.8. The van der Waals surface area contributed by atoms with Crippen LogP contribution in [-0.4, -0.2) is 31.6 Å². The van der Waals surface area contributed by atoms with Crippen LogP contribution >= 0.6 is 11.3 Å². The molecule has 4 rings (SSSR count). The third-order valence-corrected chi connectivity index (χ3v) is 6.65. The van der Waals surface area contributed by atoms with Gasteiger partial charge in [0.05, 0.1) is 25.1 Å². The van der Waals surface area contributed by atoms with E-state index in [-0.39, 0.29) is 17.8 Å². The maximum Gasteiger partial charge on any atom is 0.264 e. The second-order valence-electron chi connectivity index (χ2n) is 6.94. The van der Waals surface area contributed by atoms with Crippen LogP contribution in [0, 0.1) is 12.7 Å². The molecule has 0 radical (unpaired) electrons. The maximum absolute atomic E-state index is 14.3. The number of rotatable bonds is 4. The van der Waals surface area contributed by atoms with E-state index in [0.717, 1.165) is 28.7 Å². The molecule has 0 bridgehead atoms. The number of likely N-dealkylation sites (tertiary alicyclic amines) is 1. The summed E-state index contributed by atoms with van der Waals surface area (Å²) in [6.45, 7) is 2.52. The molecule has 1 atom stereocenters. The number of amides is 1. The molecule has 0 N–H and O–H groups in total. The van der Waals surface area contributed by atoms with E-state index < -0.39 is 0 Å². The van der Waals surface area contributed by atoms with Crippen LogP contribution < -0.4 is 9.47 Å². The summed E-state index contributed by atoms with van der Waals surface area (Å²) in [6, 6.07) is 10.8. The van der Waals surface area contributed by atoms with E-state index >= 15 is 0 Å². The topological polar surface area (TPSA) is 38.8 Å². The number of thiophene rings is 1. The molecule has 28 heavy (non-hydrogen) atoms. The molecule has 1 aliphatic heterocycles. The average molecular weight is 399 g/mol. The summed E-state index contributed by atoms with van der Waals surface area (Å²) in [5.41, 5.74) is 1.74. The van der Waals surface area contributed by atoms with Crippen molar-refractivity contribution in [1.29, 1.82) is 0 Å². The van der Waals surface area contributed by atoms with Gasteiger partial charge < -0.3 is 14.4 Å². The largest absolute Gasteiger partial charge is 0.493 e. The fourth-order valence-electron chi connectivity index (χ4n) is 4.00. The fraction of sp³-hybridized carbons (Fsp3) is 0.318. The molecule has 0 spiro atoms. The van der Waals surface area contributed by atoms with Gasteiger partial charge in [-0.25, -0.2) is 4.39 Å². The predicted octanol–water partition coefficient (Wildman–Crippen LogP) is 5.34. The standard InChI is InChI=1S/C22H22FNO3S/c1-13-20-15(23)6-4-8-19(20)28-21(13)22(25)24-11-5-7-16(24)14-9-10-17(26-2)18(12-14)27-3/h4,6,8-10,12,16H,5,7,11H2,1-3H3. The van der Waals surface area contributed by atoms with Gasteiger partial charge in [-0.15, -0.1) is 11.3 Å². The molecule has 1 saturated heterocycles. The lowest BCUT2D eigenvalue weighted by Crippen LogP contribution is -2.30. The lowest BCUT2D eigenvalue weighted by Gasteiger charge is -2.25. The SMILES string of the molecule is COc1ccc(C2CCCN2C(=O)c2sc3cccc(F)c3c2C)cc1OC. The Bertz CT molecular complexity index is 1050. The molecule has 4 nitrogen and oxygen atoms in total. The second-order valence-corrected chi connectivity index (χ2v) is 7.99. The summed E-state index contributed by atoms with van der Waals surface area (Å²) < 4.78 is 25.8. The molecule has 6 heteroatoms. The predicted molar refractivity (Wildman–Crippen MR) is 109 cm³/mol. The second kappa shape index (κ2) is 7.43. The van der Waals surface area contributed by atoms with E-state index in [2.05, 4.69) is 0 Å². The van der Waals surface area contributed by atoms with Crippen molar-refractivity contribution in [2.45, 2.75) is 25.8 Å². The normalized spacial score (nSPS) is 16.6. The third kappa shape index (κ3) is 3.02. The van der Waals surface area contributed by atoms with E-state index in [9.17, 15) is 9.18 Å². The molecule has 0 saturated carbocycles. The minimum atomic E-state index is -0.275. The van der Waals surface area contributed by atoms with Gasteiger partial charge in [-0.05, 0) is 55.2 Å². The van der Waals surface area contributed by atoms with Crippen molar-refractivity contribution in [2.24, 2.45) is 0 Å². The molecule has 0 aliphatic carbocycles. The number of methoxy groups -OCH3 is 2. The van der Waals surface area contributed by atoms with Crippen LogP contribution in [-0.2, 0) is 0 Å². The van der Waals surface area contributed by atoms with Gasteiger partial charge in [-0.3, -0.25) is 4.79 Å². The van der Waals surface area contributed by atoms with E-state index in [1.165, 1.54) is 17.4 Å². The Balaban J connectivity index is 1.70. The fourth-order valence-corrected chi connectivity index (χ4v) is 5.18. The summed E-state index contributed by atoms with van der Waals surface area (Å²) in [4.78, 5) is 15.9. The molecule has 2 aromatic carbocycles. The summed E-state index contributed by atoms with van der Waals surface area (Å²) >= 11 is 1.37. The maximum atomic E-state index is 14.3. The van der Waals surface area contributed by atoms with Gasteiger partial charge in [0.1, 0.15) is 5.82 Å². The Hall–Kier alpha value is -2.60. The lowest BCUT2D eigenvalue weighted by molar-refractivity contribution is 0.0740. The Labute approximate surface area is 167 Å². The highest BCUT2D eigenvalue weighted by Gasteiger charge is 2.33.